The van der Waals surface area contributed by atoms with Crippen LogP contribution in [0, 0.1) is 6.92 Å². The summed E-state index contributed by atoms with van der Waals surface area (Å²) in [4.78, 5) is 27.0. The van der Waals surface area contributed by atoms with Crippen LogP contribution in [0.3, 0.4) is 0 Å². The molecule has 0 atom stereocenters. The number of hydrogen-bond donors (Lipinski definition) is 1. The standard InChI is InChI=1S/C20H19ClN2O2/c1-12(2)23-19(24)17(14-6-8-15(21)9-7-14)18(20(23)25)22-16-10-4-13(3)5-11-16/h4-12,22H,1-3H3. The van der Waals surface area contributed by atoms with Crippen LogP contribution >= 0.6 is 11.6 Å². The van der Waals surface area contributed by atoms with Crippen molar-refractivity contribution in [3.8, 4) is 0 Å². The van der Waals surface area contributed by atoms with Gasteiger partial charge in [-0.15, -0.1) is 0 Å². The molecule has 1 heterocycles. The summed E-state index contributed by atoms with van der Waals surface area (Å²) in [6, 6.07) is 14.4. The van der Waals surface area contributed by atoms with Crippen molar-refractivity contribution < 1.29 is 9.59 Å². The Labute approximate surface area is 152 Å². The summed E-state index contributed by atoms with van der Waals surface area (Å²) in [5.74, 6) is -0.609. The van der Waals surface area contributed by atoms with Gasteiger partial charge >= 0.3 is 0 Å². The molecule has 25 heavy (non-hydrogen) atoms. The van der Waals surface area contributed by atoms with Gasteiger partial charge in [0.2, 0.25) is 0 Å². The van der Waals surface area contributed by atoms with Crippen LogP contribution in [-0.4, -0.2) is 22.8 Å². The number of nitrogens with one attached hydrogen (secondary N) is 1. The van der Waals surface area contributed by atoms with Gasteiger partial charge in [-0.1, -0.05) is 41.4 Å². The van der Waals surface area contributed by atoms with E-state index in [-0.39, 0.29) is 17.9 Å². The zero-order valence-electron chi connectivity index (χ0n) is 14.3. The number of benzene rings is 2. The molecular formula is C20H19ClN2O2. The van der Waals surface area contributed by atoms with E-state index in [0.717, 1.165) is 11.3 Å². The lowest BCUT2D eigenvalue weighted by Crippen LogP contribution is -2.38. The molecule has 0 saturated heterocycles. The molecule has 0 saturated carbocycles. The van der Waals surface area contributed by atoms with Gasteiger partial charge in [0, 0.05) is 16.8 Å². The van der Waals surface area contributed by atoms with Gasteiger partial charge in [0.1, 0.15) is 5.70 Å². The maximum atomic E-state index is 12.9. The Balaban J connectivity index is 2.08. The second-order valence-corrected chi connectivity index (χ2v) is 6.76. The molecule has 0 radical (unpaired) electrons. The van der Waals surface area contributed by atoms with Crippen molar-refractivity contribution in [2.45, 2.75) is 26.8 Å². The summed E-state index contributed by atoms with van der Waals surface area (Å²) < 4.78 is 0. The minimum Gasteiger partial charge on any atom is -0.350 e. The van der Waals surface area contributed by atoms with Crippen LogP contribution in [0.25, 0.3) is 5.57 Å². The van der Waals surface area contributed by atoms with E-state index in [0.29, 0.717) is 21.9 Å². The molecule has 3 rings (SSSR count). The molecule has 0 aliphatic carbocycles. The van der Waals surface area contributed by atoms with Crippen LogP contribution in [0.15, 0.2) is 54.2 Å². The van der Waals surface area contributed by atoms with E-state index in [1.54, 1.807) is 24.3 Å². The van der Waals surface area contributed by atoms with Gasteiger partial charge < -0.3 is 5.32 Å². The molecule has 5 heteroatoms. The molecule has 128 valence electrons. The summed E-state index contributed by atoms with van der Waals surface area (Å²) in [5, 5.41) is 3.71. The second kappa shape index (κ2) is 6.73. The Bertz CT molecular complexity index is 852. The van der Waals surface area contributed by atoms with Crippen molar-refractivity contribution in [2.75, 3.05) is 5.32 Å². The molecule has 0 spiro atoms. The third kappa shape index (κ3) is 3.30. The van der Waals surface area contributed by atoms with Gasteiger partial charge in [0.25, 0.3) is 11.8 Å². The number of rotatable bonds is 4. The third-order valence-corrected chi connectivity index (χ3v) is 4.34. The topological polar surface area (TPSA) is 49.4 Å². The van der Waals surface area contributed by atoms with Crippen molar-refractivity contribution >= 4 is 34.7 Å². The van der Waals surface area contributed by atoms with Gasteiger partial charge in [-0.05, 0) is 50.6 Å². The SMILES string of the molecule is Cc1ccc(NC2=C(c3ccc(Cl)cc3)C(=O)N(C(C)C)C2=O)cc1. The second-order valence-electron chi connectivity index (χ2n) is 6.32. The summed E-state index contributed by atoms with van der Waals surface area (Å²) in [7, 11) is 0. The number of aryl methyl sites for hydroxylation is 1. The highest BCUT2D eigenvalue weighted by Crippen LogP contribution is 2.32. The number of halogens is 1. The van der Waals surface area contributed by atoms with Gasteiger partial charge in [0.15, 0.2) is 0 Å². The quantitative estimate of drug-likeness (QED) is 0.835. The lowest BCUT2D eigenvalue weighted by molar-refractivity contribution is -0.138. The summed E-state index contributed by atoms with van der Waals surface area (Å²) >= 11 is 5.95. The predicted molar refractivity (Wildman–Crippen MR) is 100 cm³/mol. The fraction of sp³-hybridized carbons (Fsp3) is 0.200. The monoisotopic (exact) mass is 354 g/mol. The van der Waals surface area contributed by atoms with Gasteiger partial charge in [0.05, 0.1) is 5.57 Å². The van der Waals surface area contributed by atoms with Crippen LogP contribution in [-0.2, 0) is 9.59 Å². The van der Waals surface area contributed by atoms with Crippen LogP contribution in [0.5, 0.6) is 0 Å². The minimum absolute atomic E-state index is 0.223. The number of carbonyl (C=O) groups is 2. The van der Waals surface area contributed by atoms with Crippen LogP contribution < -0.4 is 5.32 Å². The largest absolute Gasteiger partial charge is 0.350 e. The first-order valence-corrected chi connectivity index (χ1v) is 8.48. The lowest BCUT2D eigenvalue weighted by Gasteiger charge is -2.19. The smallest absolute Gasteiger partial charge is 0.278 e. The zero-order valence-corrected chi connectivity index (χ0v) is 15.1. The number of carbonyl (C=O) groups excluding carboxylic acids is 2. The molecule has 1 aliphatic rings. The van der Waals surface area contributed by atoms with Crippen molar-refractivity contribution in [3.63, 3.8) is 0 Å². The normalized spacial score (nSPS) is 14.7. The molecule has 2 aromatic rings. The molecule has 0 fully saturated rings. The molecule has 0 aromatic heterocycles. The Morgan fingerprint density at radius 1 is 0.920 bits per heavy atom. The first kappa shape index (κ1) is 17.2. The third-order valence-electron chi connectivity index (χ3n) is 4.09. The predicted octanol–water partition coefficient (Wildman–Crippen LogP) is 4.25. The number of amides is 2. The van der Waals surface area contributed by atoms with E-state index < -0.39 is 0 Å². The van der Waals surface area contributed by atoms with E-state index in [9.17, 15) is 9.59 Å². The Hall–Kier alpha value is -2.59. The maximum Gasteiger partial charge on any atom is 0.278 e. The van der Waals surface area contributed by atoms with Crippen molar-refractivity contribution in [2.24, 2.45) is 0 Å². The van der Waals surface area contributed by atoms with Gasteiger partial charge in [-0.25, -0.2) is 0 Å². The van der Waals surface area contributed by atoms with E-state index in [4.69, 9.17) is 11.6 Å². The Kier molecular flexibility index (Phi) is 4.64. The summed E-state index contributed by atoms with van der Waals surface area (Å²) in [5.41, 5.74) is 3.22. The maximum absolute atomic E-state index is 12.9. The highest BCUT2D eigenvalue weighted by atomic mass is 35.5. The van der Waals surface area contributed by atoms with E-state index in [1.165, 1.54) is 4.90 Å². The number of hydrogen-bond acceptors (Lipinski definition) is 3. The van der Waals surface area contributed by atoms with Crippen LogP contribution in [0.2, 0.25) is 5.02 Å². The summed E-state index contributed by atoms with van der Waals surface area (Å²) in [6.45, 7) is 5.64. The average Bonchev–Trinajstić information content (AvgIpc) is 2.81. The van der Waals surface area contributed by atoms with Gasteiger partial charge in [-0.2, -0.15) is 0 Å². The Morgan fingerprint density at radius 2 is 1.52 bits per heavy atom. The lowest BCUT2D eigenvalue weighted by atomic mass is 10.0. The first-order valence-electron chi connectivity index (χ1n) is 8.10. The number of anilines is 1. The summed E-state index contributed by atoms with van der Waals surface area (Å²) in [6.07, 6.45) is 0. The molecule has 2 amide bonds. The molecule has 1 N–H and O–H groups in total. The first-order chi connectivity index (χ1) is 11.9. The fourth-order valence-corrected chi connectivity index (χ4v) is 2.92. The van der Waals surface area contributed by atoms with E-state index in [2.05, 4.69) is 5.32 Å². The van der Waals surface area contributed by atoms with Crippen molar-refractivity contribution in [3.05, 3.63) is 70.4 Å². The van der Waals surface area contributed by atoms with Crippen molar-refractivity contribution in [1.29, 1.82) is 0 Å². The van der Waals surface area contributed by atoms with Crippen LogP contribution in [0.1, 0.15) is 25.0 Å². The van der Waals surface area contributed by atoms with Crippen molar-refractivity contribution in [1.82, 2.24) is 4.90 Å². The number of nitrogens with zero attached hydrogens (tertiary/aromatic N) is 1. The molecular weight excluding hydrogens is 336 g/mol. The van der Waals surface area contributed by atoms with Gasteiger partial charge in [-0.3, -0.25) is 14.5 Å². The molecule has 0 bridgehead atoms. The Morgan fingerprint density at radius 3 is 2.08 bits per heavy atom. The highest BCUT2D eigenvalue weighted by Gasteiger charge is 2.40. The highest BCUT2D eigenvalue weighted by molar-refractivity contribution is 6.37. The van der Waals surface area contributed by atoms with Crippen LogP contribution in [0.4, 0.5) is 5.69 Å². The average molecular weight is 355 g/mol. The minimum atomic E-state index is -0.314. The number of imide groups is 1. The van der Waals surface area contributed by atoms with E-state index in [1.807, 2.05) is 45.0 Å². The molecule has 2 aromatic carbocycles. The van der Waals surface area contributed by atoms with E-state index >= 15 is 0 Å². The molecule has 1 aliphatic heterocycles. The zero-order chi connectivity index (χ0) is 18.1. The molecule has 4 nitrogen and oxygen atoms in total. The molecule has 0 unspecified atom stereocenters. The fourth-order valence-electron chi connectivity index (χ4n) is 2.80.